The van der Waals surface area contributed by atoms with Gasteiger partial charge in [-0.3, -0.25) is 9.59 Å². The van der Waals surface area contributed by atoms with E-state index in [4.69, 9.17) is 0 Å². The van der Waals surface area contributed by atoms with Crippen molar-refractivity contribution in [3.63, 3.8) is 0 Å². The summed E-state index contributed by atoms with van der Waals surface area (Å²) in [5.74, 6) is -0.494. The largest absolute Gasteiger partial charge is 0.389 e. The van der Waals surface area contributed by atoms with Crippen molar-refractivity contribution >= 4 is 22.3 Å². The summed E-state index contributed by atoms with van der Waals surface area (Å²) in [7, 11) is 0. The number of rotatable bonds is 1. The Labute approximate surface area is 110 Å². The molecule has 0 aromatic heterocycles. The normalized spacial score (nSPS) is 16.2. The number of fused-ring (bicyclic) bond motifs is 2. The summed E-state index contributed by atoms with van der Waals surface area (Å²) < 4.78 is 0. The van der Waals surface area contributed by atoms with Gasteiger partial charge in [0.15, 0.2) is 11.6 Å². The molecule has 0 bridgehead atoms. The lowest BCUT2D eigenvalue weighted by Gasteiger charge is -2.17. The standard InChI is InChI=1S/C16H12O3/c1-9(17)12-8-15(18)13-6-10-4-2-3-5-11(10)7-14(13)16(12)19/h2-9,17H,1H3. The highest BCUT2D eigenvalue weighted by molar-refractivity contribution is 6.26. The number of benzene rings is 2. The van der Waals surface area contributed by atoms with Crippen molar-refractivity contribution in [3.05, 3.63) is 59.2 Å². The molecule has 3 rings (SSSR count). The van der Waals surface area contributed by atoms with E-state index in [1.165, 1.54) is 13.0 Å². The maximum Gasteiger partial charge on any atom is 0.192 e. The predicted octanol–water partition coefficient (Wildman–Crippen LogP) is 2.53. The summed E-state index contributed by atoms with van der Waals surface area (Å²) in [4.78, 5) is 24.3. The highest BCUT2D eigenvalue weighted by Gasteiger charge is 2.28. The third-order valence-electron chi connectivity index (χ3n) is 3.39. The lowest BCUT2D eigenvalue weighted by Crippen LogP contribution is -2.23. The number of carbonyl (C=O) groups excluding carboxylic acids is 2. The molecule has 0 heterocycles. The van der Waals surface area contributed by atoms with Gasteiger partial charge in [-0.15, -0.1) is 0 Å². The molecule has 2 aromatic carbocycles. The maximum absolute atomic E-state index is 12.3. The quantitative estimate of drug-likeness (QED) is 0.848. The highest BCUT2D eigenvalue weighted by atomic mass is 16.3. The number of ketones is 2. The van der Waals surface area contributed by atoms with Crippen molar-refractivity contribution in [2.75, 3.05) is 0 Å². The van der Waals surface area contributed by atoms with Crippen LogP contribution in [0.25, 0.3) is 10.8 Å². The first-order valence-electron chi connectivity index (χ1n) is 6.09. The minimum absolute atomic E-state index is 0.160. The van der Waals surface area contributed by atoms with E-state index >= 15 is 0 Å². The minimum Gasteiger partial charge on any atom is -0.389 e. The first kappa shape index (κ1) is 11.8. The molecular weight excluding hydrogens is 240 g/mol. The van der Waals surface area contributed by atoms with Gasteiger partial charge in [0.05, 0.1) is 6.10 Å². The molecule has 0 fully saturated rings. The molecule has 1 unspecified atom stereocenters. The second-order valence-corrected chi connectivity index (χ2v) is 4.71. The molecule has 0 saturated carbocycles. The van der Waals surface area contributed by atoms with Crippen molar-refractivity contribution in [2.45, 2.75) is 13.0 Å². The zero-order chi connectivity index (χ0) is 13.6. The van der Waals surface area contributed by atoms with E-state index in [0.29, 0.717) is 11.1 Å². The van der Waals surface area contributed by atoms with Gasteiger partial charge in [0, 0.05) is 16.7 Å². The monoisotopic (exact) mass is 252 g/mol. The van der Waals surface area contributed by atoms with Crippen LogP contribution in [-0.4, -0.2) is 22.8 Å². The van der Waals surface area contributed by atoms with Gasteiger partial charge in [-0.25, -0.2) is 0 Å². The van der Waals surface area contributed by atoms with E-state index in [2.05, 4.69) is 0 Å². The Hall–Kier alpha value is -2.26. The van der Waals surface area contributed by atoms with E-state index in [9.17, 15) is 14.7 Å². The predicted molar refractivity (Wildman–Crippen MR) is 72.4 cm³/mol. The SMILES string of the molecule is CC(O)C1=CC(=O)c2cc3ccccc3cc2C1=O. The van der Waals surface area contributed by atoms with Gasteiger partial charge >= 0.3 is 0 Å². The van der Waals surface area contributed by atoms with E-state index in [-0.39, 0.29) is 17.1 Å². The molecule has 1 aliphatic rings. The number of aliphatic hydroxyl groups excluding tert-OH is 1. The summed E-state index contributed by atoms with van der Waals surface area (Å²) in [5.41, 5.74) is 0.947. The van der Waals surface area contributed by atoms with Crippen LogP contribution in [0.1, 0.15) is 27.6 Å². The Morgan fingerprint density at radius 3 is 2.16 bits per heavy atom. The summed E-state index contributed by atoms with van der Waals surface area (Å²) >= 11 is 0. The molecule has 1 aliphatic carbocycles. The fourth-order valence-corrected chi connectivity index (χ4v) is 2.38. The lowest BCUT2D eigenvalue weighted by atomic mass is 9.86. The average Bonchev–Trinajstić information content (AvgIpc) is 2.41. The van der Waals surface area contributed by atoms with Crippen molar-refractivity contribution in [1.29, 1.82) is 0 Å². The Balaban J connectivity index is 2.28. The van der Waals surface area contributed by atoms with Crippen LogP contribution in [0.4, 0.5) is 0 Å². The first-order chi connectivity index (χ1) is 9.08. The fraction of sp³-hybridized carbons (Fsp3) is 0.125. The van der Waals surface area contributed by atoms with Gasteiger partial charge in [0.25, 0.3) is 0 Å². The molecule has 0 radical (unpaired) electrons. The topological polar surface area (TPSA) is 54.4 Å². The van der Waals surface area contributed by atoms with E-state index in [1.807, 2.05) is 24.3 Å². The van der Waals surface area contributed by atoms with Crippen LogP contribution in [-0.2, 0) is 0 Å². The number of Topliss-reactive ketones (excluding diaryl/α,β-unsaturated/α-hetero) is 1. The van der Waals surface area contributed by atoms with Crippen LogP contribution in [0.15, 0.2) is 48.0 Å². The first-order valence-corrected chi connectivity index (χ1v) is 6.09. The van der Waals surface area contributed by atoms with Gasteiger partial charge < -0.3 is 5.11 Å². The van der Waals surface area contributed by atoms with Crippen molar-refractivity contribution in [3.8, 4) is 0 Å². The zero-order valence-electron chi connectivity index (χ0n) is 10.4. The molecule has 0 spiro atoms. The van der Waals surface area contributed by atoms with Gasteiger partial charge in [-0.2, -0.15) is 0 Å². The fourth-order valence-electron chi connectivity index (χ4n) is 2.38. The van der Waals surface area contributed by atoms with Gasteiger partial charge in [-0.1, -0.05) is 24.3 Å². The molecular formula is C16H12O3. The number of hydrogen-bond acceptors (Lipinski definition) is 3. The molecule has 1 N–H and O–H groups in total. The number of aliphatic hydroxyl groups is 1. The molecule has 0 amide bonds. The molecule has 3 nitrogen and oxygen atoms in total. The molecule has 3 heteroatoms. The van der Waals surface area contributed by atoms with Gasteiger partial charge in [-0.05, 0) is 35.9 Å². The van der Waals surface area contributed by atoms with Crippen LogP contribution in [0.5, 0.6) is 0 Å². The van der Waals surface area contributed by atoms with Crippen LogP contribution >= 0.6 is 0 Å². The Morgan fingerprint density at radius 1 is 1.00 bits per heavy atom. The molecule has 19 heavy (non-hydrogen) atoms. The number of allylic oxidation sites excluding steroid dienone is 1. The maximum atomic E-state index is 12.3. The van der Waals surface area contributed by atoms with E-state index in [0.717, 1.165) is 10.8 Å². The second kappa shape index (κ2) is 4.14. The van der Waals surface area contributed by atoms with Crippen molar-refractivity contribution < 1.29 is 14.7 Å². The Bertz CT molecular complexity index is 739. The zero-order valence-corrected chi connectivity index (χ0v) is 10.4. The average molecular weight is 252 g/mol. The van der Waals surface area contributed by atoms with Crippen LogP contribution < -0.4 is 0 Å². The molecule has 2 aromatic rings. The van der Waals surface area contributed by atoms with Crippen LogP contribution in [0.3, 0.4) is 0 Å². The third-order valence-corrected chi connectivity index (χ3v) is 3.39. The summed E-state index contributed by atoms with van der Waals surface area (Å²) in [6, 6.07) is 11.0. The molecule has 1 atom stereocenters. The highest BCUT2D eigenvalue weighted by Crippen LogP contribution is 2.27. The Kier molecular flexibility index (Phi) is 2.57. The minimum atomic E-state index is -0.934. The van der Waals surface area contributed by atoms with Crippen LogP contribution in [0.2, 0.25) is 0 Å². The van der Waals surface area contributed by atoms with Crippen LogP contribution in [0, 0.1) is 0 Å². The summed E-state index contributed by atoms with van der Waals surface area (Å²) in [6.07, 6.45) is 0.306. The van der Waals surface area contributed by atoms with E-state index in [1.54, 1.807) is 12.1 Å². The van der Waals surface area contributed by atoms with E-state index < -0.39 is 6.10 Å². The number of hydrogen-bond donors (Lipinski definition) is 1. The van der Waals surface area contributed by atoms with Gasteiger partial charge in [0.1, 0.15) is 0 Å². The smallest absolute Gasteiger partial charge is 0.192 e. The lowest BCUT2D eigenvalue weighted by molar-refractivity contribution is 0.0954. The molecule has 94 valence electrons. The molecule has 0 saturated heterocycles. The summed E-state index contributed by atoms with van der Waals surface area (Å²) in [5, 5.41) is 11.4. The molecule has 0 aliphatic heterocycles. The Morgan fingerprint density at radius 2 is 1.58 bits per heavy atom. The summed E-state index contributed by atoms with van der Waals surface area (Å²) in [6.45, 7) is 1.49. The second-order valence-electron chi connectivity index (χ2n) is 4.71. The third kappa shape index (κ3) is 1.79. The van der Waals surface area contributed by atoms with Crippen molar-refractivity contribution in [2.24, 2.45) is 0 Å². The van der Waals surface area contributed by atoms with Gasteiger partial charge in [0.2, 0.25) is 0 Å². The van der Waals surface area contributed by atoms with Crippen molar-refractivity contribution in [1.82, 2.24) is 0 Å². The number of carbonyl (C=O) groups is 2.